The van der Waals surface area contributed by atoms with Crippen LogP contribution in [0.2, 0.25) is 0 Å². The number of nitrogens with zero attached hydrogens (tertiary/aromatic N) is 2. The van der Waals surface area contributed by atoms with E-state index in [2.05, 4.69) is 5.32 Å². The van der Waals surface area contributed by atoms with Crippen LogP contribution in [0.5, 0.6) is 0 Å². The third kappa shape index (κ3) is 7.83. The summed E-state index contributed by atoms with van der Waals surface area (Å²) in [6, 6.07) is 13.8. The standard InChI is InChI=1S/C25H34FN3O4S/c1-5-19(3)27-25(31)23(6-2)28(16-15-20-11-8-7-9-12-20)24(30)18-29(34(4,32)33)22-14-10-13-21(26)17-22/h7-14,17,19,23H,5-6,15-16,18H2,1-4H3,(H,27,31)/t19-,23+/m1/s1. The lowest BCUT2D eigenvalue weighted by atomic mass is 10.1. The van der Waals surface area contributed by atoms with E-state index in [1.54, 1.807) is 0 Å². The number of hydrogen-bond donors (Lipinski definition) is 1. The first-order chi connectivity index (χ1) is 16.1. The second kappa shape index (κ2) is 12.5. The van der Waals surface area contributed by atoms with Gasteiger partial charge in [-0.25, -0.2) is 12.8 Å². The molecule has 1 N–H and O–H groups in total. The lowest BCUT2D eigenvalue weighted by Crippen LogP contribution is -2.54. The van der Waals surface area contributed by atoms with E-state index in [0.717, 1.165) is 28.6 Å². The van der Waals surface area contributed by atoms with Gasteiger partial charge in [0.05, 0.1) is 11.9 Å². The van der Waals surface area contributed by atoms with Crippen LogP contribution in [0.1, 0.15) is 39.2 Å². The van der Waals surface area contributed by atoms with Gasteiger partial charge in [-0.05, 0) is 49.9 Å². The van der Waals surface area contributed by atoms with Gasteiger partial charge >= 0.3 is 0 Å². The van der Waals surface area contributed by atoms with Gasteiger partial charge in [0.15, 0.2) is 0 Å². The van der Waals surface area contributed by atoms with Crippen LogP contribution >= 0.6 is 0 Å². The molecule has 0 unspecified atom stereocenters. The summed E-state index contributed by atoms with van der Waals surface area (Å²) in [5, 5.41) is 2.92. The molecule has 186 valence electrons. The SMILES string of the molecule is CC[C@@H](C)NC(=O)[C@H](CC)N(CCc1ccccc1)C(=O)CN(c1cccc(F)c1)S(C)(=O)=O. The number of benzene rings is 2. The van der Waals surface area contributed by atoms with Crippen molar-refractivity contribution in [2.24, 2.45) is 0 Å². The van der Waals surface area contributed by atoms with Crippen molar-refractivity contribution >= 4 is 27.5 Å². The Hall–Kier alpha value is -2.94. The number of nitrogens with one attached hydrogen (secondary N) is 1. The highest BCUT2D eigenvalue weighted by Crippen LogP contribution is 2.20. The maximum absolute atomic E-state index is 13.8. The highest BCUT2D eigenvalue weighted by Gasteiger charge is 2.31. The summed E-state index contributed by atoms with van der Waals surface area (Å²) in [4.78, 5) is 27.9. The van der Waals surface area contributed by atoms with Crippen LogP contribution in [0.4, 0.5) is 10.1 Å². The van der Waals surface area contributed by atoms with E-state index in [4.69, 9.17) is 0 Å². The second-order valence-corrected chi connectivity index (χ2v) is 10.2. The van der Waals surface area contributed by atoms with Gasteiger partial charge < -0.3 is 10.2 Å². The van der Waals surface area contributed by atoms with Crippen LogP contribution in [-0.4, -0.2) is 56.6 Å². The third-order valence-electron chi connectivity index (χ3n) is 5.65. The number of hydrogen-bond acceptors (Lipinski definition) is 4. The maximum atomic E-state index is 13.8. The summed E-state index contributed by atoms with van der Waals surface area (Å²) in [5.41, 5.74) is 1.04. The molecule has 2 aromatic rings. The van der Waals surface area contributed by atoms with Crippen LogP contribution in [0.15, 0.2) is 54.6 Å². The molecule has 7 nitrogen and oxygen atoms in total. The molecule has 0 bridgehead atoms. The number of carbonyl (C=O) groups is 2. The summed E-state index contributed by atoms with van der Waals surface area (Å²) < 4.78 is 39.6. The number of sulfonamides is 1. The molecule has 0 fully saturated rings. The van der Waals surface area contributed by atoms with E-state index < -0.39 is 34.3 Å². The van der Waals surface area contributed by atoms with Gasteiger partial charge in [-0.1, -0.05) is 50.2 Å². The summed E-state index contributed by atoms with van der Waals surface area (Å²) in [6.45, 7) is 5.34. The van der Waals surface area contributed by atoms with E-state index >= 15 is 0 Å². The first-order valence-corrected chi connectivity index (χ1v) is 13.3. The van der Waals surface area contributed by atoms with Crippen molar-refractivity contribution in [1.29, 1.82) is 0 Å². The predicted molar refractivity (Wildman–Crippen MR) is 132 cm³/mol. The predicted octanol–water partition coefficient (Wildman–Crippen LogP) is 3.36. The monoisotopic (exact) mass is 491 g/mol. The maximum Gasteiger partial charge on any atom is 0.244 e. The molecule has 0 aliphatic rings. The van der Waals surface area contributed by atoms with E-state index in [9.17, 15) is 22.4 Å². The Kier molecular flexibility index (Phi) is 10.0. The third-order valence-corrected chi connectivity index (χ3v) is 6.79. The molecule has 2 atom stereocenters. The fraction of sp³-hybridized carbons (Fsp3) is 0.440. The van der Waals surface area contributed by atoms with Crippen molar-refractivity contribution in [3.8, 4) is 0 Å². The Bertz CT molecular complexity index is 1060. The van der Waals surface area contributed by atoms with Crippen LogP contribution in [0.25, 0.3) is 0 Å². The zero-order valence-corrected chi connectivity index (χ0v) is 21.0. The van der Waals surface area contributed by atoms with Gasteiger partial charge in [0.25, 0.3) is 0 Å². The molecule has 0 aliphatic heterocycles. The molecule has 0 saturated heterocycles. The Balaban J connectivity index is 2.36. The first-order valence-electron chi connectivity index (χ1n) is 11.4. The van der Waals surface area contributed by atoms with E-state index in [1.165, 1.54) is 23.1 Å². The molecule has 2 amide bonds. The number of anilines is 1. The molecule has 2 rings (SSSR count). The van der Waals surface area contributed by atoms with Crippen molar-refractivity contribution in [2.45, 2.75) is 52.1 Å². The highest BCUT2D eigenvalue weighted by molar-refractivity contribution is 7.92. The van der Waals surface area contributed by atoms with Gasteiger partial charge in [0.1, 0.15) is 18.4 Å². The Labute approximate surface area is 202 Å². The molecular formula is C25H34FN3O4S. The topological polar surface area (TPSA) is 86.8 Å². The van der Waals surface area contributed by atoms with Crippen molar-refractivity contribution in [2.75, 3.05) is 23.7 Å². The molecule has 0 radical (unpaired) electrons. The van der Waals surface area contributed by atoms with Crippen LogP contribution < -0.4 is 9.62 Å². The molecule has 34 heavy (non-hydrogen) atoms. The Morgan fingerprint density at radius 2 is 1.71 bits per heavy atom. The quantitative estimate of drug-likeness (QED) is 0.493. The fourth-order valence-electron chi connectivity index (χ4n) is 3.58. The van der Waals surface area contributed by atoms with E-state index in [1.807, 2.05) is 51.1 Å². The van der Waals surface area contributed by atoms with Gasteiger partial charge in [0.2, 0.25) is 21.8 Å². The van der Waals surface area contributed by atoms with E-state index in [-0.39, 0.29) is 24.2 Å². The number of carbonyl (C=O) groups excluding carboxylic acids is 2. The molecule has 0 aromatic heterocycles. The summed E-state index contributed by atoms with van der Waals surface area (Å²) in [5.74, 6) is -1.43. The summed E-state index contributed by atoms with van der Waals surface area (Å²) in [6.07, 6.45) is 2.56. The molecule has 0 aliphatic carbocycles. The van der Waals surface area contributed by atoms with Crippen molar-refractivity contribution in [1.82, 2.24) is 10.2 Å². The van der Waals surface area contributed by atoms with Crippen molar-refractivity contribution in [3.05, 3.63) is 66.0 Å². The molecule has 0 spiro atoms. The summed E-state index contributed by atoms with van der Waals surface area (Å²) in [7, 11) is -3.89. The highest BCUT2D eigenvalue weighted by atomic mass is 32.2. The first kappa shape index (κ1) is 27.3. The minimum atomic E-state index is -3.89. The van der Waals surface area contributed by atoms with Gasteiger partial charge in [0, 0.05) is 12.6 Å². The van der Waals surface area contributed by atoms with Gasteiger partial charge in [-0.15, -0.1) is 0 Å². The molecule has 2 aromatic carbocycles. The lowest BCUT2D eigenvalue weighted by molar-refractivity contribution is -0.139. The fourth-order valence-corrected chi connectivity index (χ4v) is 4.42. The lowest BCUT2D eigenvalue weighted by Gasteiger charge is -2.33. The largest absolute Gasteiger partial charge is 0.352 e. The van der Waals surface area contributed by atoms with Crippen molar-refractivity contribution in [3.63, 3.8) is 0 Å². The number of rotatable bonds is 12. The molecule has 0 saturated carbocycles. The minimum Gasteiger partial charge on any atom is -0.352 e. The second-order valence-electron chi connectivity index (χ2n) is 8.31. The molecular weight excluding hydrogens is 457 g/mol. The average Bonchev–Trinajstić information content (AvgIpc) is 2.79. The van der Waals surface area contributed by atoms with Crippen LogP contribution in [0.3, 0.4) is 0 Å². The zero-order chi connectivity index (χ0) is 25.3. The number of amides is 2. The Morgan fingerprint density at radius 3 is 2.26 bits per heavy atom. The number of halogens is 1. The average molecular weight is 492 g/mol. The van der Waals surface area contributed by atoms with Crippen LogP contribution in [-0.2, 0) is 26.0 Å². The Morgan fingerprint density at radius 1 is 1.03 bits per heavy atom. The van der Waals surface area contributed by atoms with Gasteiger partial charge in [-0.2, -0.15) is 0 Å². The van der Waals surface area contributed by atoms with Gasteiger partial charge in [-0.3, -0.25) is 13.9 Å². The molecule has 0 heterocycles. The molecule has 9 heteroatoms. The van der Waals surface area contributed by atoms with E-state index in [0.29, 0.717) is 12.8 Å². The van der Waals surface area contributed by atoms with Crippen LogP contribution in [0, 0.1) is 5.82 Å². The van der Waals surface area contributed by atoms with Crippen molar-refractivity contribution < 1.29 is 22.4 Å². The smallest absolute Gasteiger partial charge is 0.244 e. The minimum absolute atomic E-state index is 0.0518. The normalized spacial score (nSPS) is 13.1. The zero-order valence-electron chi connectivity index (χ0n) is 20.2. The summed E-state index contributed by atoms with van der Waals surface area (Å²) >= 11 is 0.